The lowest BCUT2D eigenvalue weighted by molar-refractivity contribution is -0.137. The van der Waals surface area contributed by atoms with E-state index in [2.05, 4.69) is 34.1 Å². The summed E-state index contributed by atoms with van der Waals surface area (Å²) in [5.74, 6) is -0.128. The van der Waals surface area contributed by atoms with Crippen LogP contribution in [0.3, 0.4) is 0 Å². The highest BCUT2D eigenvalue weighted by atomic mass is 19.4. The lowest BCUT2D eigenvalue weighted by atomic mass is 9.99. The van der Waals surface area contributed by atoms with Crippen LogP contribution in [0.15, 0.2) is 60.9 Å². The number of aromatic hydroxyl groups is 1. The van der Waals surface area contributed by atoms with Gasteiger partial charge in [0, 0.05) is 17.9 Å². The maximum Gasteiger partial charge on any atom is 0.418 e. The molecule has 10 heteroatoms. The number of anilines is 2. The molecule has 0 saturated carbocycles. The fourth-order valence-corrected chi connectivity index (χ4v) is 4.74. The summed E-state index contributed by atoms with van der Waals surface area (Å²) in [6.07, 6.45) is -0.340. The minimum absolute atomic E-state index is 0.0560. The molecule has 2 aromatic heterocycles. The summed E-state index contributed by atoms with van der Waals surface area (Å²) in [4.78, 5) is 13.8. The molecule has 0 amide bonds. The van der Waals surface area contributed by atoms with Crippen LogP contribution in [0, 0.1) is 0 Å². The first kappa shape index (κ1) is 25.7. The highest BCUT2D eigenvalue weighted by Gasteiger charge is 2.37. The van der Waals surface area contributed by atoms with Crippen LogP contribution in [-0.2, 0) is 6.18 Å². The Balaban J connectivity index is 1.56. The van der Waals surface area contributed by atoms with Crippen molar-refractivity contribution < 1.29 is 23.0 Å². The molecule has 1 aliphatic heterocycles. The second-order valence-corrected chi connectivity index (χ2v) is 9.60. The third-order valence-corrected chi connectivity index (χ3v) is 6.71. The molecule has 0 aliphatic carbocycles. The SMILES string of the molecule is CC(C)c1ccc(N(c2ccc(Oc3nc(O)c4ccncc4n3)cc2C(F)(F)F)C2CCNCC2)cc1. The Morgan fingerprint density at radius 2 is 1.76 bits per heavy atom. The minimum atomic E-state index is -4.64. The van der Waals surface area contributed by atoms with Gasteiger partial charge >= 0.3 is 12.2 Å². The molecule has 3 heterocycles. The average molecular weight is 524 g/mol. The predicted molar refractivity (Wildman–Crippen MR) is 139 cm³/mol. The molecule has 0 atom stereocenters. The van der Waals surface area contributed by atoms with Gasteiger partial charge in [-0.05, 0) is 73.8 Å². The maximum absolute atomic E-state index is 14.5. The first-order valence-corrected chi connectivity index (χ1v) is 12.5. The molecule has 1 aliphatic rings. The number of alkyl halides is 3. The van der Waals surface area contributed by atoms with Crippen LogP contribution in [0.5, 0.6) is 17.6 Å². The zero-order valence-electron chi connectivity index (χ0n) is 21.0. The van der Waals surface area contributed by atoms with Crippen LogP contribution in [0.4, 0.5) is 24.5 Å². The zero-order valence-corrected chi connectivity index (χ0v) is 21.0. The van der Waals surface area contributed by atoms with Crippen molar-refractivity contribution in [3.63, 3.8) is 0 Å². The Hall–Kier alpha value is -3.92. The summed E-state index contributed by atoms with van der Waals surface area (Å²) in [6, 6.07) is 12.7. The van der Waals surface area contributed by atoms with Gasteiger partial charge < -0.3 is 20.1 Å². The molecular formula is C28H28F3N5O2. The number of aromatic nitrogens is 3. The van der Waals surface area contributed by atoms with Gasteiger partial charge in [0.15, 0.2) is 0 Å². The Kier molecular flexibility index (Phi) is 7.07. The van der Waals surface area contributed by atoms with Crippen molar-refractivity contribution in [3.05, 3.63) is 72.1 Å². The molecule has 198 valence electrons. The summed E-state index contributed by atoms with van der Waals surface area (Å²) >= 11 is 0. The monoisotopic (exact) mass is 523 g/mol. The van der Waals surface area contributed by atoms with Gasteiger partial charge in [0.1, 0.15) is 5.75 Å². The van der Waals surface area contributed by atoms with Gasteiger partial charge in [-0.15, -0.1) is 0 Å². The number of pyridine rings is 1. The van der Waals surface area contributed by atoms with Gasteiger partial charge in [-0.3, -0.25) is 4.98 Å². The van der Waals surface area contributed by atoms with Crippen molar-refractivity contribution in [1.29, 1.82) is 0 Å². The van der Waals surface area contributed by atoms with Crippen LogP contribution >= 0.6 is 0 Å². The van der Waals surface area contributed by atoms with Gasteiger partial charge in [0.05, 0.1) is 28.4 Å². The Bertz CT molecular complexity index is 1420. The molecule has 2 aromatic carbocycles. The van der Waals surface area contributed by atoms with E-state index < -0.39 is 11.7 Å². The molecular weight excluding hydrogens is 495 g/mol. The first-order valence-electron chi connectivity index (χ1n) is 12.5. The van der Waals surface area contributed by atoms with E-state index in [1.807, 2.05) is 24.3 Å². The number of halogens is 3. The van der Waals surface area contributed by atoms with Crippen molar-refractivity contribution in [2.75, 3.05) is 18.0 Å². The Morgan fingerprint density at radius 3 is 2.45 bits per heavy atom. The smallest absolute Gasteiger partial charge is 0.418 e. The highest BCUT2D eigenvalue weighted by Crippen LogP contribution is 2.43. The Labute approximate surface area is 218 Å². The highest BCUT2D eigenvalue weighted by molar-refractivity contribution is 5.82. The van der Waals surface area contributed by atoms with Gasteiger partial charge in [0.2, 0.25) is 5.88 Å². The number of ether oxygens (including phenoxy) is 1. The normalized spacial score (nSPS) is 14.7. The van der Waals surface area contributed by atoms with Crippen molar-refractivity contribution in [2.24, 2.45) is 0 Å². The molecule has 7 nitrogen and oxygen atoms in total. The van der Waals surface area contributed by atoms with Gasteiger partial charge in [0.25, 0.3) is 0 Å². The maximum atomic E-state index is 14.5. The van der Waals surface area contributed by atoms with E-state index in [1.165, 1.54) is 30.6 Å². The van der Waals surface area contributed by atoms with E-state index in [1.54, 1.807) is 4.90 Å². The summed E-state index contributed by atoms with van der Waals surface area (Å²) in [7, 11) is 0. The van der Waals surface area contributed by atoms with Crippen LogP contribution in [0.2, 0.25) is 0 Å². The summed E-state index contributed by atoms with van der Waals surface area (Å²) in [5, 5.41) is 13.9. The fourth-order valence-electron chi connectivity index (χ4n) is 4.74. The summed E-state index contributed by atoms with van der Waals surface area (Å²) in [5.41, 5.74) is 1.36. The molecule has 4 aromatic rings. The quantitative estimate of drug-likeness (QED) is 0.296. The molecule has 1 saturated heterocycles. The van der Waals surface area contributed by atoms with E-state index >= 15 is 0 Å². The van der Waals surface area contributed by atoms with E-state index in [-0.39, 0.29) is 29.4 Å². The fraction of sp³-hybridized carbons (Fsp3) is 0.321. The summed E-state index contributed by atoms with van der Waals surface area (Å²) < 4.78 is 49.0. The van der Waals surface area contributed by atoms with Crippen LogP contribution < -0.4 is 15.0 Å². The third kappa shape index (κ3) is 5.35. The molecule has 2 N–H and O–H groups in total. The third-order valence-electron chi connectivity index (χ3n) is 6.71. The molecule has 38 heavy (non-hydrogen) atoms. The van der Waals surface area contributed by atoms with Crippen LogP contribution in [0.1, 0.15) is 43.7 Å². The number of benzene rings is 2. The van der Waals surface area contributed by atoms with Gasteiger partial charge in [-0.25, -0.2) is 0 Å². The topological polar surface area (TPSA) is 83.4 Å². The molecule has 1 fully saturated rings. The predicted octanol–water partition coefficient (Wildman–Crippen LogP) is 6.56. The number of hydrogen-bond donors (Lipinski definition) is 2. The van der Waals surface area contributed by atoms with Crippen LogP contribution in [-0.4, -0.2) is 39.2 Å². The number of hydrogen-bond acceptors (Lipinski definition) is 7. The van der Waals surface area contributed by atoms with Crippen LogP contribution in [0.25, 0.3) is 10.9 Å². The Morgan fingerprint density at radius 1 is 1.03 bits per heavy atom. The lowest BCUT2D eigenvalue weighted by Gasteiger charge is -2.38. The van der Waals surface area contributed by atoms with E-state index in [0.717, 1.165) is 24.7 Å². The molecule has 5 rings (SSSR count). The van der Waals surface area contributed by atoms with Crippen molar-refractivity contribution in [3.8, 4) is 17.6 Å². The van der Waals surface area contributed by atoms with Crippen molar-refractivity contribution in [1.82, 2.24) is 20.3 Å². The average Bonchev–Trinajstić information content (AvgIpc) is 2.90. The van der Waals surface area contributed by atoms with Crippen molar-refractivity contribution >= 4 is 22.3 Å². The molecule has 0 unspecified atom stereocenters. The number of rotatable bonds is 6. The van der Waals surface area contributed by atoms with Gasteiger partial charge in [-0.2, -0.15) is 23.1 Å². The molecule has 0 bridgehead atoms. The van der Waals surface area contributed by atoms with Gasteiger partial charge in [-0.1, -0.05) is 26.0 Å². The second-order valence-electron chi connectivity index (χ2n) is 9.60. The molecule has 0 spiro atoms. The lowest BCUT2D eigenvalue weighted by Crippen LogP contribution is -2.41. The number of piperidine rings is 1. The van der Waals surface area contributed by atoms with E-state index in [9.17, 15) is 18.3 Å². The van der Waals surface area contributed by atoms with E-state index in [4.69, 9.17) is 4.74 Å². The first-order chi connectivity index (χ1) is 18.2. The van der Waals surface area contributed by atoms with E-state index in [0.29, 0.717) is 35.3 Å². The second kappa shape index (κ2) is 10.4. The largest absolute Gasteiger partial charge is 0.493 e. The number of nitrogens with zero attached hydrogens (tertiary/aromatic N) is 4. The standard InChI is InChI=1S/C28H28F3N5O2/c1-17(2)18-3-5-19(6-4-18)36(20-9-12-32-13-10-20)25-8-7-21(15-23(25)28(29,30)31)38-27-34-24-16-33-14-11-22(24)26(37)35-27/h3-8,11,14-17,20,32H,9-10,12-13H2,1-2H3,(H,34,35,37). The summed E-state index contributed by atoms with van der Waals surface area (Å²) in [6.45, 7) is 5.61. The molecule has 0 radical (unpaired) electrons. The number of fused-ring (bicyclic) bond motifs is 1. The van der Waals surface area contributed by atoms with Crippen molar-refractivity contribution in [2.45, 2.75) is 44.8 Å². The zero-order chi connectivity index (χ0) is 26.9. The minimum Gasteiger partial charge on any atom is -0.493 e. The number of nitrogens with one attached hydrogen (secondary N) is 1.